The first-order valence-electron chi connectivity index (χ1n) is 10.2. The first-order chi connectivity index (χ1) is 14.7. The fraction of sp³-hybridized carbons (Fsp3) is 0.185. The Kier molecular flexibility index (Phi) is 6.19. The van der Waals surface area contributed by atoms with E-state index in [0.717, 1.165) is 35.8 Å². The molecule has 3 heteroatoms. The number of aryl methyl sites for hydroxylation is 1. The highest BCUT2D eigenvalue weighted by atomic mass is 16.5. The largest absolute Gasteiger partial charge is 0.497 e. The van der Waals surface area contributed by atoms with E-state index >= 15 is 0 Å². The molecule has 0 N–H and O–H groups in total. The van der Waals surface area contributed by atoms with Gasteiger partial charge in [-0.05, 0) is 79.1 Å². The van der Waals surface area contributed by atoms with Crippen molar-refractivity contribution in [2.24, 2.45) is 0 Å². The monoisotopic (exact) mass is 398 g/mol. The summed E-state index contributed by atoms with van der Waals surface area (Å²) in [6, 6.07) is 24.6. The summed E-state index contributed by atoms with van der Waals surface area (Å²) in [5, 5.41) is 0. The second-order valence-electron chi connectivity index (χ2n) is 7.44. The van der Waals surface area contributed by atoms with Crippen molar-refractivity contribution >= 4 is 0 Å². The van der Waals surface area contributed by atoms with Crippen LogP contribution in [-0.4, -0.2) is 13.2 Å². The van der Waals surface area contributed by atoms with Crippen molar-refractivity contribution < 1.29 is 14.2 Å². The molecule has 0 bridgehead atoms. The maximum absolute atomic E-state index is 6.10. The van der Waals surface area contributed by atoms with Gasteiger partial charge in [-0.2, -0.15) is 0 Å². The molecule has 0 aliphatic heterocycles. The van der Waals surface area contributed by atoms with Gasteiger partial charge in [-0.3, -0.25) is 0 Å². The van der Waals surface area contributed by atoms with Crippen molar-refractivity contribution in [3.05, 3.63) is 113 Å². The van der Waals surface area contributed by atoms with Crippen molar-refractivity contribution in [1.29, 1.82) is 0 Å². The fourth-order valence-corrected chi connectivity index (χ4v) is 3.33. The molecule has 0 aromatic heterocycles. The Morgan fingerprint density at radius 3 is 1.93 bits per heavy atom. The molecular formula is C27H26O3. The van der Waals surface area contributed by atoms with Crippen LogP contribution in [0.25, 0.3) is 0 Å². The molecule has 0 fully saturated rings. The molecule has 1 unspecified atom stereocenters. The number of hydrogen-bond donors (Lipinski definition) is 0. The summed E-state index contributed by atoms with van der Waals surface area (Å²) in [6.45, 7) is 2.07. The molecule has 3 aromatic rings. The van der Waals surface area contributed by atoms with Crippen LogP contribution in [0.3, 0.4) is 0 Å². The van der Waals surface area contributed by atoms with Gasteiger partial charge in [0.1, 0.15) is 29.1 Å². The van der Waals surface area contributed by atoms with Crippen LogP contribution >= 0.6 is 0 Å². The Labute approximate surface area is 178 Å². The lowest BCUT2D eigenvalue weighted by molar-refractivity contribution is 0.248. The molecule has 30 heavy (non-hydrogen) atoms. The first-order valence-corrected chi connectivity index (χ1v) is 10.2. The van der Waals surface area contributed by atoms with Gasteiger partial charge in [0, 0.05) is 6.42 Å². The predicted octanol–water partition coefficient (Wildman–Crippen LogP) is 6.26. The van der Waals surface area contributed by atoms with Gasteiger partial charge in [0.05, 0.1) is 7.11 Å². The Balaban J connectivity index is 1.29. The highest BCUT2D eigenvalue weighted by molar-refractivity contribution is 5.35. The molecule has 3 nitrogen and oxygen atoms in total. The molecule has 0 spiro atoms. The molecule has 1 aliphatic carbocycles. The van der Waals surface area contributed by atoms with Crippen LogP contribution in [0.4, 0.5) is 0 Å². The van der Waals surface area contributed by atoms with Crippen LogP contribution in [0, 0.1) is 6.92 Å². The van der Waals surface area contributed by atoms with E-state index in [4.69, 9.17) is 14.2 Å². The maximum atomic E-state index is 6.10. The molecule has 3 aromatic carbocycles. The van der Waals surface area contributed by atoms with E-state index in [2.05, 4.69) is 43.3 Å². The quantitative estimate of drug-likeness (QED) is 0.470. The van der Waals surface area contributed by atoms with Crippen LogP contribution in [0.1, 0.15) is 23.1 Å². The van der Waals surface area contributed by atoms with E-state index in [0.29, 0.717) is 0 Å². The van der Waals surface area contributed by atoms with Crippen molar-refractivity contribution in [1.82, 2.24) is 0 Å². The maximum Gasteiger partial charge on any atom is 0.127 e. The highest BCUT2D eigenvalue weighted by Gasteiger charge is 2.12. The van der Waals surface area contributed by atoms with E-state index in [9.17, 15) is 0 Å². The molecule has 0 heterocycles. The van der Waals surface area contributed by atoms with E-state index in [1.54, 1.807) is 7.11 Å². The molecule has 0 radical (unpaired) electrons. The van der Waals surface area contributed by atoms with Crippen LogP contribution < -0.4 is 14.2 Å². The average Bonchev–Trinajstić information content (AvgIpc) is 2.78. The van der Waals surface area contributed by atoms with Crippen LogP contribution in [0.5, 0.6) is 17.2 Å². The van der Waals surface area contributed by atoms with E-state index in [-0.39, 0.29) is 6.10 Å². The van der Waals surface area contributed by atoms with Gasteiger partial charge in [-0.1, -0.05) is 42.0 Å². The van der Waals surface area contributed by atoms with Crippen molar-refractivity contribution in [3.63, 3.8) is 0 Å². The normalized spacial score (nSPS) is 15.4. The summed E-state index contributed by atoms with van der Waals surface area (Å²) >= 11 is 0. The predicted molar refractivity (Wildman–Crippen MR) is 120 cm³/mol. The van der Waals surface area contributed by atoms with Crippen LogP contribution in [-0.2, 0) is 6.42 Å². The zero-order valence-corrected chi connectivity index (χ0v) is 17.4. The summed E-state index contributed by atoms with van der Waals surface area (Å²) in [5.74, 6) is 3.46. The first kappa shape index (κ1) is 19.8. The second kappa shape index (κ2) is 9.36. The molecule has 0 amide bonds. The number of benzene rings is 3. The molecular weight excluding hydrogens is 372 g/mol. The number of rotatable bonds is 7. The minimum atomic E-state index is 0.0165. The number of methoxy groups -OCH3 is 1. The molecule has 152 valence electrons. The third-order valence-electron chi connectivity index (χ3n) is 5.06. The minimum Gasteiger partial charge on any atom is -0.497 e. The van der Waals surface area contributed by atoms with E-state index in [1.807, 2.05) is 54.6 Å². The van der Waals surface area contributed by atoms with Crippen molar-refractivity contribution in [2.75, 3.05) is 7.11 Å². The Hall–Kier alpha value is -3.46. The van der Waals surface area contributed by atoms with Gasteiger partial charge in [-0.25, -0.2) is 0 Å². The highest BCUT2D eigenvalue weighted by Crippen LogP contribution is 2.23. The summed E-state index contributed by atoms with van der Waals surface area (Å²) < 4.78 is 17.2. The zero-order valence-electron chi connectivity index (χ0n) is 17.4. The Bertz CT molecular complexity index is 1010. The average molecular weight is 399 g/mol. The number of allylic oxidation sites excluding steroid dienone is 1. The Morgan fingerprint density at radius 2 is 1.37 bits per heavy atom. The lowest BCUT2D eigenvalue weighted by Gasteiger charge is -2.19. The summed E-state index contributed by atoms with van der Waals surface area (Å²) in [4.78, 5) is 0. The second-order valence-corrected chi connectivity index (χ2v) is 7.44. The lowest BCUT2D eigenvalue weighted by Crippen LogP contribution is -2.15. The van der Waals surface area contributed by atoms with Gasteiger partial charge in [0.2, 0.25) is 0 Å². The molecule has 1 atom stereocenters. The van der Waals surface area contributed by atoms with Crippen molar-refractivity contribution in [2.45, 2.75) is 25.9 Å². The van der Waals surface area contributed by atoms with Gasteiger partial charge in [0.15, 0.2) is 0 Å². The van der Waals surface area contributed by atoms with Crippen LogP contribution in [0.15, 0.2) is 96.8 Å². The third kappa shape index (κ3) is 5.32. The smallest absolute Gasteiger partial charge is 0.127 e. The standard InChI is InChI=1S/C27H26O3/c1-20-3-9-24(10-4-20)29-26-15-17-27(18-16-26)30-25-13-7-22(8-14-25)19-21-5-11-23(28-2)12-6-21/h3-17,27H,18-19H2,1-2H3. The van der Waals surface area contributed by atoms with Gasteiger partial charge in [0.25, 0.3) is 0 Å². The summed E-state index contributed by atoms with van der Waals surface area (Å²) in [5.41, 5.74) is 3.73. The van der Waals surface area contributed by atoms with E-state index < -0.39 is 0 Å². The zero-order chi connectivity index (χ0) is 20.8. The van der Waals surface area contributed by atoms with Gasteiger partial charge >= 0.3 is 0 Å². The Morgan fingerprint density at radius 1 is 0.767 bits per heavy atom. The SMILES string of the molecule is COc1ccc(Cc2ccc(OC3C=CC(Oc4ccc(C)cc4)=CC3)cc2)cc1. The lowest BCUT2D eigenvalue weighted by atomic mass is 10.0. The summed E-state index contributed by atoms with van der Waals surface area (Å²) in [6.07, 6.45) is 7.79. The number of hydrogen-bond acceptors (Lipinski definition) is 3. The molecule has 0 saturated heterocycles. The van der Waals surface area contributed by atoms with Gasteiger partial charge < -0.3 is 14.2 Å². The van der Waals surface area contributed by atoms with Crippen LogP contribution in [0.2, 0.25) is 0 Å². The summed E-state index contributed by atoms with van der Waals surface area (Å²) in [7, 11) is 1.68. The molecule has 0 saturated carbocycles. The minimum absolute atomic E-state index is 0.0165. The van der Waals surface area contributed by atoms with Gasteiger partial charge in [-0.15, -0.1) is 0 Å². The molecule has 4 rings (SSSR count). The van der Waals surface area contributed by atoms with Crippen molar-refractivity contribution in [3.8, 4) is 17.2 Å². The fourth-order valence-electron chi connectivity index (χ4n) is 3.33. The topological polar surface area (TPSA) is 27.7 Å². The van der Waals surface area contributed by atoms with E-state index in [1.165, 1.54) is 16.7 Å². The third-order valence-corrected chi connectivity index (χ3v) is 5.06. The molecule has 1 aliphatic rings. The number of ether oxygens (including phenoxy) is 3.